The molecular weight excluding hydrogens is 196 g/mol. The molecule has 0 saturated carbocycles. The first-order chi connectivity index (χ1) is 7.16. The zero-order chi connectivity index (χ0) is 11.3. The minimum absolute atomic E-state index is 0.459. The Hall–Kier alpha value is -0.940. The van der Waals surface area contributed by atoms with E-state index >= 15 is 0 Å². The van der Waals surface area contributed by atoms with Crippen LogP contribution in [-0.4, -0.2) is 48.9 Å². The maximum absolute atomic E-state index is 11.7. The molecule has 1 aliphatic rings. The third-order valence-corrected chi connectivity index (χ3v) is 2.45. The van der Waals surface area contributed by atoms with Crippen LogP contribution in [-0.2, 0) is 14.3 Å². The Morgan fingerprint density at radius 2 is 2.00 bits per heavy atom. The van der Waals surface area contributed by atoms with Crippen LogP contribution in [0.1, 0.15) is 19.8 Å². The quantitative estimate of drug-likeness (QED) is 0.643. The zero-order valence-electron chi connectivity index (χ0n) is 9.07. The van der Waals surface area contributed by atoms with Crippen molar-refractivity contribution in [2.45, 2.75) is 25.8 Å². The molecule has 1 heterocycles. The average molecular weight is 214 g/mol. The highest BCUT2D eigenvalue weighted by atomic mass is 16.5. The summed E-state index contributed by atoms with van der Waals surface area (Å²) in [7, 11) is 0. The van der Waals surface area contributed by atoms with Crippen LogP contribution in [0.4, 0.5) is 0 Å². The molecule has 0 bridgehead atoms. The van der Waals surface area contributed by atoms with Crippen molar-refractivity contribution in [2.75, 3.05) is 26.3 Å². The molecule has 1 fully saturated rings. The first-order valence-corrected chi connectivity index (χ1v) is 5.33. The van der Waals surface area contributed by atoms with Crippen LogP contribution >= 0.6 is 0 Å². The third kappa shape index (κ3) is 3.28. The average Bonchev–Trinajstić information content (AvgIpc) is 2.28. The number of Topliss-reactive ketones (excluding diaryl/α,β-unsaturated/α-hetero) is 1. The largest absolute Gasteiger partial charge is 0.378 e. The molecule has 5 nitrogen and oxygen atoms in total. The van der Waals surface area contributed by atoms with E-state index in [0.717, 1.165) is 6.42 Å². The lowest BCUT2D eigenvalue weighted by atomic mass is 10.1. The van der Waals surface area contributed by atoms with Crippen LogP contribution in [0.3, 0.4) is 0 Å². The normalized spacial score (nSPS) is 18.7. The van der Waals surface area contributed by atoms with Gasteiger partial charge in [-0.05, 0) is 6.42 Å². The van der Waals surface area contributed by atoms with Crippen LogP contribution in [0.5, 0.6) is 0 Å². The van der Waals surface area contributed by atoms with Gasteiger partial charge in [0.25, 0.3) is 5.91 Å². The SMILES string of the molecule is CCCC(N)C(=O)C(=O)N1CCOCC1. The van der Waals surface area contributed by atoms with Crippen LogP contribution in [0.2, 0.25) is 0 Å². The van der Waals surface area contributed by atoms with E-state index in [9.17, 15) is 9.59 Å². The number of ether oxygens (including phenoxy) is 1. The van der Waals surface area contributed by atoms with E-state index in [1.165, 1.54) is 4.90 Å². The van der Waals surface area contributed by atoms with Crippen molar-refractivity contribution in [3.05, 3.63) is 0 Å². The van der Waals surface area contributed by atoms with Gasteiger partial charge in [-0.2, -0.15) is 0 Å². The van der Waals surface area contributed by atoms with Crippen molar-refractivity contribution in [1.29, 1.82) is 0 Å². The zero-order valence-corrected chi connectivity index (χ0v) is 9.07. The minimum atomic E-state index is -0.648. The molecule has 0 aromatic rings. The van der Waals surface area contributed by atoms with E-state index in [-0.39, 0.29) is 0 Å². The molecule has 0 radical (unpaired) electrons. The van der Waals surface area contributed by atoms with Crippen molar-refractivity contribution in [2.24, 2.45) is 5.73 Å². The van der Waals surface area contributed by atoms with E-state index in [1.54, 1.807) is 0 Å². The Balaban J connectivity index is 2.47. The number of nitrogens with zero attached hydrogens (tertiary/aromatic N) is 1. The summed E-state index contributed by atoms with van der Waals surface area (Å²) in [5.41, 5.74) is 5.61. The molecule has 1 unspecified atom stereocenters. The van der Waals surface area contributed by atoms with E-state index < -0.39 is 17.7 Å². The van der Waals surface area contributed by atoms with E-state index in [0.29, 0.717) is 32.7 Å². The maximum Gasteiger partial charge on any atom is 0.291 e. The topological polar surface area (TPSA) is 72.6 Å². The number of nitrogens with two attached hydrogens (primary N) is 1. The number of carbonyl (C=O) groups excluding carboxylic acids is 2. The molecule has 15 heavy (non-hydrogen) atoms. The molecule has 86 valence electrons. The van der Waals surface area contributed by atoms with Gasteiger partial charge in [0.1, 0.15) is 0 Å². The molecule has 1 aliphatic heterocycles. The molecule has 5 heteroatoms. The number of hydrogen-bond acceptors (Lipinski definition) is 4. The van der Waals surface area contributed by atoms with Gasteiger partial charge >= 0.3 is 0 Å². The summed E-state index contributed by atoms with van der Waals surface area (Å²) in [5, 5.41) is 0. The Morgan fingerprint density at radius 1 is 1.40 bits per heavy atom. The van der Waals surface area contributed by atoms with Gasteiger partial charge in [-0.15, -0.1) is 0 Å². The predicted octanol–water partition coefficient (Wildman–Crippen LogP) is -0.458. The second-order valence-corrected chi connectivity index (χ2v) is 3.66. The van der Waals surface area contributed by atoms with E-state index in [4.69, 9.17) is 10.5 Å². The Labute approximate surface area is 89.6 Å². The second-order valence-electron chi connectivity index (χ2n) is 3.66. The highest BCUT2D eigenvalue weighted by Crippen LogP contribution is 2.02. The summed E-state index contributed by atoms with van der Waals surface area (Å²) in [6.07, 6.45) is 1.37. The van der Waals surface area contributed by atoms with E-state index in [2.05, 4.69) is 0 Å². The van der Waals surface area contributed by atoms with Crippen molar-refractivity contribution >= 4 is 11.7 Å². The van der Waals surface area contributed by atoms with E-state index in [1.807, 2.05) is 6.92 Å². The fourth-order valence-electron chi connectivity index (χ4n) is 1.52. The fraction of sp³-hybridized carbons (Fsp3) is 0.800. The molecule has 0 aromatic heterocycles. The van der Waals surface area contributed by atoms with Gasteiger partial charge in [0.15, 0.2) is 0 Å². The Bertz CT molecular complexity index is 237. The van der Waals surface area contributed by atoms with Gasteiger partial charge in [-0.25, -0.2) is 0 Å². The first kappa shape index (κ1) is 12.1. The lowest BCUT2D eigenvalue weighted by molar-refractivity contribution is -0.148. The van der Waals surface area contributed by atoms with Crippen molar-refractivity contribution in [1.82, 2.24) is 4.90 Å². The molecular formula is C10H18N2O3. The van der Waals surface area contributed by atoms with Crippen molar-refractivity contribution < 1.29 is 14.3 Å². The summed E-state index contributed by atoms with van der Waals surface area (Å²) >= 11 is 0. The number of carbonyl (C=O) groups is 2. The lowest BCUT2D eigenvalue weighted by Gasteiger charge is -2.26. The Morgan fingerprint density at radius 3 is 2.53 bits per heavy atom. The number of rotatable bonds is 4. The second kappa shape index (κ2) is 5.82. The number of morpholine rings is 1. The number of ketones is 1. The highest BCUT2D eigenvalue weighted by molar-refractivity contribution is 6.38. The molecule has 0 aliphatic carbocycles. The molecule has 0 aromatic carbocycles. The van der Waals surface area contributed by atoms with Gasteiger partial charge in [0.2, 0.25) is 5.78 Å². The molecule has 1 rings (SSSR count). The first-order valence-electron chi connectivity index (χ1n) is 5.33. The van der Waals surface area contributed by atoms with Crippen LogP contribution < -0.4 is 5.73 Å². The number of hydrogen-bond donors (Lipinski definition) is 1. The van der Waals surface area contributed by atoms with Gasteiger partial charge in [0.05, 0.1) is 19.3 Å². The monoisotopic (exact) mass is 214 g/mol. The summed E-state index contributed by atoms with van der Waals surface area (Å²) in [6, 6.07) is -0.648. The van der Waals surface area contributed by atoms with Crippen LogP contribution in [0.25, 0.3) is 0 Å². The lowest BCUT2D eigenvalue weighted by Crippen LogP contribution is -2.48. The van der Waals surface area contributed by atoms with Crippen molar-refractivity contribution in [3.8, 4) is 0 Å². The molecule has 1 atom stereocenters. The predicted molar refractivity (Wildman–Crippen MR) is 55.3 cm³/mol. The molecule has 0 spiro atoms. The molecule has 1 saturated heterocycles. The van der Waals surface area contributed by atoms with Gasteiger partial charge in [0, 0.05) is 13.1 Å². The standard InChI is InChI=1S/C10H18N2O3/c1-2-3-8(11)9(13)10(14)12-4-6-15-7-5-12/h8H,2-7,11H2,1H3. The fourth-order valence-corrected chi connectivity index (χ4v) is 1.52. The smallest absolute Gasteiger partial charge is 0.291 e. The van der Waals surface area contributed by atoms with Gasteiger partial charge < -0.3 is 15.4 Å². The summed E-state index contributed by atoms with van der Waals surface area (Å²) in [6.45, 7) is 3.92. The summed E-state index contributed by atoms with van der Waals surface area (Å²) < 4.78 is 5.10. The molecule has 1 amide bonds. The van der Waals surface area contributed by atoms with Gasteiger partial charge in [-0.1, -0.05) is 13.3 Å². The van der Waals surface area contributed by atoms with Crippen molar-refractivity contribution in [3.63, 3.8) is 0 Å². The summed E-state index contributed by atoms with van der Waals surface area (Å²) in [5.74, 6) is -0.932. The van der Waals surface area contributed by atoms with Crippen LogP contribution in [0, 0.1) is 0 Å². The third-order valence-electron chi connectivity index (χ3n) is 2.45. The highest BCUT2D eigenvalue weighted by Gasteiger charge is 2.27. The maximum atomic E-state index is 11.7. The number of amides is 1. The summed E-state index contributed by atoms with van der Waals surface area (Å²) in [4.78, 5) is 24.7. The van der Waals surface area contributed by atoms with Gasteiger partial charge in [-0.3, -0.25) is 9.59 Å². The molecule has 2 N–H and O–H groups in total. The Kier molecular flexibility index (Phi) is 4.71. The van der Waals surface area contributed by atoms with Crippen LogP contribution in [0.15, 0.2) is 0 Å². The minimum Gasteiger partial charge on any atom is -0.378 e.